The molecule has 3 rings (SSSR count). The number of aromatic nitrogens is 3. The molecule has 0 saturated carbocycles. The molecule has 2 aliphatic heterocycles. The molecule has 6 nitrogen and oxygen atoms in total. The summed E-state index contributed by atoms with van der Waals surface area (Å²) >= 11 is 0. The number of aryl methyl sites for hydroxylation is 1. The van der Waals surface area contributed by atoms with E-state index in [4.69, 9.17) is 5.73 Å². The summed E-state index contributed by atoms with van der Waals surface area (Å²) in [5.41, 5.74) is 6.13. The molecule has 1 fully saturated rings. The standard InChI is InChI=1S/C12H20N4O2S/c13-10-2-1-3-11-14-15-12(16(10)11)8-9-4-6-19(17,18)7-5-9/h9-10H,1-8,13H2. The topological polar surface area (TPSA) is 90.9 Å². The minimum absolute atomic E-state index is 0.0129. The Morgan fingerprint density at radius 2 is 1.95 bits per heavy atom. The molecule has 7 heteroatoms. The van der Waals surface area contributed by atoms with Crippen molar-refractivity contribution >= 4 is 9.84 Å². The van der Waals surface area contributed by atoms with Gasteiger partial charge in [0.05, 0.1) is 17.7 Å². The Balaban J connectivity index is 1.73. The zero-order chi connectivity index (χ0) is 13.5. The van der Waals surface area contributed by atoms with Crippen molar-refractivity contribution in [3.63, 3.8) is 0 Å². The summed E-state index contributed by atoms with van der Waals surface area (Å²) < 4.78 is 24.9. The Labute approximate surface area is 113 Å². The van der Waals surface area contributed by atoms with Gasteiger partial charge in [-0.3, -0.25) is 4.57 Å². The molecular formula is C12H20N4O2S. The van der Waals surface area contributed by atoms with E-state index in [1.165, 1.54) is 0 Å². The highest BCUT2D eigenvalue weighted by molar-refractivity contribution is 7.91. The molecule has 0 radical (unpaired) electrons. The van der Waals surface area contributed by atoms with Crippen molar-refractivity contribution in [2.45, 2.75) is 44.7 Å². The zero-order valence-electron chi connectivity index (χ0n) is 11.0. The molecule has 0 bridgehead atoms. The first kappa shape index (κ1) is 13.1. The maximum absolute atomic E-state index is 11.4. The Kier molecular flexibility index (Phi) is 3.34. The largest absolute Gasteiger partial charge is 0.311 e. The lowest BCUT2D eigenvalue weighted by Gasteiger charge is -2.25. The second kappa shape index (κ2) is 4.86. The van der Waals surface area contributed by atoms with Crippen LogP contribution in [-0.2, 0) is 22.7 Å². The first-order valence-electron chi connectivity index (χ1n) is 6.94. The first-order chi connectivity index (χ1) is 9.05. The van der Waals surface area contributed by atoms with Gasteiger partial charge in [0.25, 0.3) is 0 Å². The van der Waals surface area contributed by atoms with E-state index in [9.17, 15) is 8.42 Å². The lowest BCUT2D eigenvalue weighted by molar-refractivity contribution is 0.378. The van der Waals surface area contributed by atoms with E-state index in [0.717, 1.165) is 50.2 Å². The van der Waals surface area contributed by atoms with Gasteiger partial charge in [0.15, 0.2) is 0 Å². The van der Waals surface area contributed by atoms with Crippen LogP contribution in [0.1, 0.15) is 43.5 Å². The van der Waals surface area contributed by atoms with Gasteiger partial charge in [-0.05, 0) is 31.6 Å². The highest BCUT2D eigenvalue weighted by atomic mass is 32.2. The van der Waals surface area contributed by atoms with Gasteiger partial charge in [-0.25, -0.2) is 8.42 Å². The Morgan fingerprint density at radius 1 is 1.21 bits per heavy atom. The number of nitrogens with zero attached hydrogens (tertiary/aromatic N) is 3. The maximum Gasteiger partial charge on any atom is 0.150 e. The predicted octanol–water partition coefficient (Wildman–Crippen LogP) is 0.439. The Bertz CT molecular complexity index is 552. The van der Waals surface area contributed by atoms with Gasteiger partial charge in [-0.15, -0.1) is 10.2 Å². The summed E-state index contributed by atoms with van der Waals surface area (Å²) in [6, 6.07) is 0. The SMILES string of the molecule is NC1CCCc2nnc(CC3CCS(=O)(=O)CC3)n21. The van der Waals surface area contributed by atoms with Crippen molar-refractivity contribution in [1.29, 1.82) is 0 Å². The van der Waals surface area contributed by atoms with Crippen LogP contribution in [0.15, 0.2) is 0 Å². The van der Waals surface area contributed by atoms with E-state index >= 15 is 0 Å². The van der Waals surface area contributed by atoms with Gasteiger partial charge in [0, 0.05) is 12.8 Å². The molecule has 1 atom stereocenters. The van der Waals surface area contributed by atoms with Gasteiger partial charge >= 0.3 is 0 Å². The molecule has 0 amide bonds. The van der Waals surface area contributed by atoms with E-state index in [-0.39, 0.29) is 6.17 Å². The Morgan fingerprint density at radius 3 is 2.68 bits per heavy atom. The molecule has 0 aromatic carbocycles. The van der Waals surface area contributed by atoms with Crippen LogP contribution in [0.2, 0.25) is 0 Å². The lowest BCUT2D eigenvalue weighted by atomic mass is 9.98. The molecule has 1 aromatic heterocycles. The van der Waals surface area contributed by atoms with Crippen LogP contribution in [0, 0.1) is 5.92 Å². The molecule has 1 unspecified atom stereocenters. The smallest absolute Gasteiger partial charge is 0.150 e. The molecule has 19 heavy (non-hydrogen) atoms. The number of hydrogen-bond acceptors (Lipinski definition) is 5. The number of fused-ring (bicyclic) bond motifs is 1. The first-order valence-corrected chi connectivity index (χ1v) is 8.76. The minimum atomic E-state index is -2.79. The van der Waals surface area contributed by atoms with E-state index < -0.39 is 9.84 Å². The summed E-state index contributed by atoms with van der Waals surface area (Å²) in [5.74, 6) is 2.93. The second-order valence-corrected chi connectivity index (χ2v) is 7.96. The third-order valence-electron chi connectivity index (χ3n) is 4.21. The molecule has 0 aliphatic carbocycles. The van der Waals surface area contributed by atoms with Crippen LogP contribution in [0.3, 0.4) is 0 Å². The third kappa shape index (κ3) is 2.67. The van der Waals surface area contributed by atoms with Crippen LogP contribution >= 0.6 is 0 Å². The molecule has 1 aromatic rings. The number of nitrogens with two attached hydrogens (primary N) is 1. The molecule has 2 aliphatic rings. The third-order valence-corrected chi connectivity index (χ3v) is 5.93. The van der Waals surface area contributed by atoms with Crippen LogP contribution in [0.4, 0.5) is 0 Å². The van der Waals surface area contributed by atoms with Crippen LogP contribution < -0.4 is 5.73 Å². The number of sulfone groups is 1. The molecule has 3 heterocycles. The number of rotatable bonds is 2. The molecule has 1 saturated heterocycles. The summed E-state index contributed by atoms with van der Waals surface area (Å²) in [5, 5.41) is 8.48. The molecule has 106 valence electrons. The highest BCUT2D eigenvalue weighted by Gasteiger charge is 2.27. The van der Waals surface area contributed by atoms with Crippen LogP contribution in [-0.4, -0.2) is 34.7 Å². The van der Waals surface area contributed by atoms with Crippen molar-refractivity contribution in [1.82, 2.24) is 14.8 Å². The van der Waals surface area contributed by atoms with E-state index in [1.807, 2.05) is 0 Å². The molecule has 2 N–H and O–H groups in total. The van der Waals surface area contributed by atoms with Crippen LogP contribution in [0.25, 0.3) is 0 Å². The van der Waals surface area contributed by atoms with Crippen molar-refractivity contribution < 1.29 is 8.42 Å². The van der Waals surface area contributed by atoms with E-state index in [0.29, 0.717) is 17.4 Å². The highest BCUT2D eigenvalue weighted by Crippen LogP contribution is 2.26. The fraction of sp³-hybridized carbons (Fsp3) is 0.833. The number of hydrogen-bond donors (Lipinski definition) is 1. The Hall–Kier alpha value is -0.950. The molecule has 0 spiro atoms. The summed E-state index contributed by atoms with van der Waals surface area (Å²) in [6.07, 6.45) is 5.24. The average molecular weight is 284 g/mol. The van der Waals surface area contributed by atoms with Crippen LogP contribution in [0.5, 0.6) is 0 Å². The monoisotopic (exact) mass is 284 g/mol. The van der Waals surface area contributed by atoms with Crippen molar-refractivity contribution in [2.75, 3.05) is 11.5 Å². The predicted molar refractivity (Wildman–Crippen MR) is 71.3 cm³/mol. The zero-order valence-corrected chi connectivity index (χ0v) is 11.8. The van der Waals surface area contributed by atoms with Gasteiger partial charge in [-0.1, -0.05) is 0 Å². The lowest BCUT2D eigenvalue weighted by Crippen LogP contribution is -2.29. The second-order valence-electron chi connectivity index (χ2n) is 5.66. The summed E-state index contributed by atoms with van der Waals surface area (Å²) in [6.45, 7) is 0. The van der Waals surface area contributed by atoms with Crippen molar-refractivity contribution in [3.8, 4) is 0 Å². The average Bonchev–Trinajstić information content (AvgIpc) is 2.77. The minimum Gasteiger partial charge on any atom is -0.311 e. The molecular weight excluding hydrogens is 264 g/mol. The van der Waals surface area contributed by atoms with Crippen molar-refractivity contribution in [3.05, 3.63) is 11.6 Å². The normalized spacial score (nSPS) is 27.1. The summed E-state index contributed by atoms with van der Waals surface area (Å²) in [7, 11) is -2.79. The van der Waals surface area contributed by atoms with Gasteiger partial charge < -0.3 is 5.73 Å². The fourth-order valence-electron chi connectivity index (χ4n) is 3.05. The van der Waals surface area contributed by atoms with Gasteiger partial charge in [-0.2, -0.15) is 0 Å². The summed E-state index contributed by atoms with van der Waals surface area (Å²) in [4.78, 5) is 0. The van der Waals surface area contributed by atoms with E-state index in [2.05, 4.69) is 14.8 Å². The van der Waals surface area contributed by atoms with E-state index in [1.54, 1.807) is 0 Å². The maximum atomic E-state index is 11.4. The van der Waals surface area contributed by atoms with Crippen molar-refractivity contribution in [2.24, 2.45) is 11.7 Å². The quantitative estimate of drug-likeness (QED) is 0.851. The van der Waals surface area contributed by atoms with Gasteiger partial charge in [0.2, 0.25) is 0 Å². The fourth-order valence-corrected chi connectivity index (χ4v) is 4.64. The van der Waals surface area contributed by atoms with Gasteiger partial charge in [0.1, 0.15) is 21.5 Å².